The van der Waals surface area contributed by atoms with Crippen molar-refractivity contribution in [3.63, 3.8) is 0 Å². The molecule has 0 unspecified atom stereocenters. The summed E-state index contributed by atoms with van der Waals surface area (Å²) in [5.41, 5.74) is 18.2. The topological polar surface area (TPSA) is 32.3 Å². The minimum atomic E-state index is -0.101. The molecule has 0 saturated heterocycles. The summed E-state index contributed by atoms with van der Waals surface area (Å²) < 4.78 is 0. The summed E-state index contributed by atoms with van der Waals surface area (Å²) in [5.74, 6) is 0. The van der Waals surface area contributed by atoms with Crippen molar-refractivity contribution in [2.24, 2.45) is 0 Å². The molecule has 0 bridgehead atoms. The lowest BCUT2D eigenvalue weighted by atomic mass is 9.73. The monoisotopic (exact) mass is 722 g/mol. The van der Waals surface area contributed by atoms with Crippen molar-refractivity contribution in [3.8, 4) is 33.6 Å². The quantitative estimate of drug-likeness (QED) is 0.177. The van der Waals surface area contributed by atoms with Crippen molar-refractivity contribution in [3.05, 3.63) is 205 Å². The largest absolute Gasteiger partial charge is 0.310 e. The van der Waals surface area contributed by atoms with Gasteiger partial charge in [0.05, 0.1) is 34.1 Å². The molecule has 0 amide bonds. The molecule has 4 nitrogen and oxygen atoms in total. The van der Waals surface area contributed by atoms with Crippen LogP contribution in [0.15, 0.2) is 182 Å². The molecule has 2 aliphatic heterocycles. The Morgan fingerprint density at radius 1 is 0.339 bits per heavy atom. The Balaban J connectivity index is 1.01. The van der Waals surface area contributed by atoms with Gasteiger partial charge >= 0.3 is 0 Å². The van der Waals surface area contributed by atoms with E-state index in [0.717, 1.165) is 45.0 Å². The highest BCUT2D eigenvalue weighted by atomic mass is 15.2. The normalized spacial score (nSPS) is 14.6. The maximum atomic E-state index is 4.97. The lowest BCUT2D eigenvalue weighted by Gasteiger charge is -2.42. The Labute approximate surface area is 329 Å². The molecule has 2 aliphatic rings. The van der Waals surface area contributed by atoms with Crippen LogP contribution >= 0.6 is 0 Å². The number of pyridine rings is 2. The highest BCUT2D eigenvalue weighted by Crippen LogP contribution is 2.53. The molecule has 0 saturated carbocycles. The van der Waals surface area contributed by atoms with Crippen LogP contribution in [-0.2, 0) is 10.8 Å². The molecule has 2 aromatic heterocycles. The third-order valence-electron chi connectivity index (χ3n) is 12.0. The number of fused-ring (bicyclic) bond motifs is 4. The fraction of sp³-hybridized carbons (Fsp3) is 0.115. The predicted octanol–water partition coefficient (Wildman–Crippen LogP) is 13.7. The Bertz CT molecular complexity index is 2470. The van der Waals surface area contributed by atoms with Crippen LogP contribution in [0, 0.1) is 0 Å². The first kappa shape index (κ1) is 33.8. The molecule has 0 aliphatic carbocycles. The van der Waals surface area contributed by atoms with Crippen LogP contribution in [0.25, 0.3) is 33.6 Å². The summed E-state index contributed by atoms with van der Waals surface area (Å²) in [7, 11) is 0. The molecule has 0 fully saturated rings. The molecule has 10 rings (SSSR count). The summed E-state index contributed by atoms with van der Waals surface area (Å²) in [4.78, 5) is 14.7. The lowest BCUT2D eigenvalue weighted by Crippen LogP contribution is -2.30. The van der Waals surface area contributed by atoms with E-state index in [4.69, 9.17) is 9.97 Å². The number of para-hydroxylation sites is 4. The number of aromatic nitrogens is 2. The zero-order valence-electron chi connectivity index (χ0n) is 32.1. The fourth-order valence-electron chi connectivity index (χ4n) is 9.14. The van der Waals surface area contributed by atoms with Crippen molar-refractivity contribution in [1.29, 1.82) is 0 Å². The van der Waals surface area contributed by atoms with Gasteiger partial charge < -0.3 is 9.80 Å². The first-order chi connectivity index (χ1) is 27.3. The van der Waals surface area contributed by atoms with Crippen LogP contribution in [0.4, 0.5) is 34.1 Å². The van der Waals surface area contributed by atoms with Gasteiger partial charge in [-0.2, -0.15) is 0 Å². The van der Waals surface area contributed by atoms with Gasteiger partial charge in [-0.25, -0.2) is 0 Å². The molecule has 56 heavy (non-hydrogen) atoms. The van der Waals surface area contributed by atoms with Gasteiger partial charge in [0.2, 0.25) is 0 Å². The zero-order chi connectivity index (χ0) is 38.0. The zero-order valence-corrected chi connectivity index (χ0v) is 32.1. The van der Waals surface area contributed by atoms with Crippen molar-refractivity contribution in [2.45, 2.75) is 38.5 Å². The van der Waals surface area contributed by atoms with E-state index in [1.165, 1.54) is 45.0 Å². The van der Waals surface area contributed by atoms with E-state index in [1.54, 1.807) is 0 Å². The Morgan fingerprint density at radius 2 is 0.643 bits per heavy atom. The molecular formula is C52H42N4. The van der Waals surface area contributed by atoms with E-state index >= 15 is 0 Å². The number of hydrogen-bond donors (Lipinski definition) is 0. The number of benzene rings is 6. The van der Waals surface area contributed by atoms with Gasteiger partial charge in [0.25, 0.3) is 0 Å². The van der Waals surface area contributed by atoms with E-state index in [9.17, 15) is 0 Å². The molecule has 4 heterocycles. The summed E-state index contributed by atoms with van der Waals surface area (Å²) in [6, 6.07) is 61.2. The average Bonchev–Trinajstić information content (AvgIpc) is 3.25. The van der Waals surface area contributed by atoms with Crippen LogP contribution < -0.4 is 9.80 Å². The number of anilines is 6. The highest BCUT2D eigenvalue weighted by Gasteiger charge is 2.37. The van der Waals surface area contributed by atoms with Crippen LogP contribution in [0.2, 0.25) is 0 Å². The summed E-state index contributed by atoms with van der Waals surface area (Å²) >= 11 is 0. The van der Waals surface area contributed by atoms with Gasteiger partial charge in [0.15, 0.2) is 0 Å². The minimum absolute atomic E-state index is 0.101. The third kappa shape index (κ3) is 5.20. The van der Waals surface area contributed by atoms with Gasteiger partial charge in [-0.05, 0) is 82.9 Å². The Hall–Kier alpha value is -6.78. The van der Waals surface area contributed by atoms with E-state index in [0.29, 0.717) is 0 Å². The van der Waals surface area contributed by atoms with Gasteiger partial charge in [-0.15, -0.1) is 0 Å². The molecule has 8 aromatic rings. The lowest BCUT2D eigenvalue weighted by molar-refractivity contribution is 0.632. The third-order valence-corrected chi connectivity index (χ3v) is 12.0. The van der Waals surface area contributed by atoms with Crippen molar-refractivity contribution < 1.29 is 0 Å². The first-order valence-electron chi connectivity index (χ1n) is 19.4. The van der Waals surface area contributed by atoms with E-state index in [2.05, 4.69) is 195 Å². The van der Waals surface area contributed by atoms with Gasteiger partial charge in [0.1, 0.15) is 0 Å². The summed E-state index contributed by atoms with van der Waals surface area (Å²) in [6.07, 6.45) is 3.76. The standard InChI is InChI=1S/C52H42N4/c1-51(2)41-17-5-9-21-45(41)55(46-22-10-6-18-42(46)51)37-29-25-35(26-30-37)49-39(15-13-33-53-49)40-16-14-34-54-50(40)36-27-31-38(32-28-36)56-47-23-11-7-19-43(47)52(3,4)44-20-8-12-24-48(44)56/h5-34H,1-4H3. The molecule has 0 spiro atoms. The van der Waals surface area contributed by atoms with Crippen molar-refractivity contribution >= 4 is 34.1 Å². The van der Waals surface area contributed by atoms with Crippen molar-refractivity contribution in [2.75, 3.05) is 9.80 Å². The second-order valence-electron chi connectivity index (χ2n) is 15.9. The van der Waals surface area contributed by atoms with Crippen LogP contribution in [0.1, 0.15) is 49.9 Å². The summed E-state index contributed by atoms with van der Waals surface area (Å²) in [6.45, 7) is 9.29. The molecule has 0 atom stereocenters. The van der Waals surface area contributed by atoms with Gasteiger partial charge in [-0.3, -0.25) is 9.97 Å². The maximum absolute atomic E-state index is 4.97. The average molecular weight is 723 g/mol. The smallest absolute Gasteiger partial charge is 0.0781 e. The number of nitrogens with zero attached hydrogens (tertiary/aromatic N) is 4. The van der Waals surface area contributed by atoms with Gasteiger partial charge in [0, 0.05) is 56.9 Å². The number of rotatable bonds is 5. The predicted molar refractivity (Wildman–Crippen MR) is 232 cm³/mol. The Morgan fingerprint density at radius 3 is 0.964 bits per heavy atom. The molecule has 4 heteroatoms. The summed E-state index contributed by atoms with van der Waals surface area (Å²) in [5, 5.41) is 0. The van der Waals surface area contributed by atoms with Crippen LogP contribution in [-0.4, -0.2) is 9.97 Å². The van der Waals surface area contributed by atoms with E-state index in [-0.39, 0.29) is 10.8 Å². The van der Waals surface area contributed by atoms with Gasteiger partial charge in [-0.1, -0.05) is 137 Å². The molecule has 6 aromatic carbocycles. The highest BCUT2D eigenvalue weighted by molar-refractivity contribution is 5.92. The molecule has 0 N–H and O–H groups in total. The van der Waals surface area contributed by atoms with Crippen LogP contribution in [0.5, 0.6) is 0 Å². The van der Waals surface area contributed by atoms with E-state index < -0.39 is 0 Å². The maximum Gasteiger partial charge on any atom is 0.0781 e. The SMILES string of the molecule is CC1(C)c2ccccc2N(c2ccc(-c3ncccc3-c3cccnc3-c3ccc(N4c5ccccc5C(C)(C)c5ccccc54)cc3)cc2)c2ccccc21. The number of hydrogen-bond acceptors (Lipinski definition) is 4. The minimum Gasteiger partial charge on any atom is -0.310 e. The van der Waals surface area contributed by atoms with E-state index in [1.807, 2.05) is 24.5 Å². The Kier molecular flexibility index (Phi) is 7.79. The molecule has 0 radical (unpaired) electrons. The van der Waals surface area contributed by atoms with Crippen LogP contribution in [0.3, 0.4) is 0 Å². The molecular weight excluding hydrogens is 681 g/mol. The first-order valence-corrected chi connectivity index (χ1v) is 19.4. The van der Waals surface area contributed by atoms with Crippen molar-refractivity contribution in [1.82, 2.24) is 9.97 Å². The fourth-order valence-corrected chi connectivity index (χ4v) is 9.14. The second kappa shape index (κ2) is 12.9. The molecule has 270 valence electrons. The second-order valence-corrected chi connectivity index (χ2v) is 15.9.